The average molecular weight is 288 g/mol. The van der Waals surface area contributed by atoms with Crippen LogP contribution in [-0.4, -0.2) is 33.9 Å². The lowest BCUT2D eigenvalue weighted by atomic mass is 10.0. The Balaban J connectivity index is 1.70. The maximum Gasteiger partial charge on any atom is 0.223 e. The normalized spacial score (nSPS) is 21.7. The highest BCUT2D eigenvalue weighted by Crippen LogP contribution is 2.23. The molecule has 3 heterocycles. The second kappa shape index (κ2) is 6.10. The summed E-state index contributed by atoms with van der Waals surface area (Å²) in [5, 5.41) is 3.44. The van der Waals surface area contributed by atoms with Crippen LogP contribution >= 0.6 is 0 Å². The van der Waals surface area contributed by atoms with E-state index in [9.17, 15) is 4.79 Å². The minimum absolute atomic E-state index is 0.247. The van der Waals surface area contributed by atoms with E-state index in [1.807, 2.05) is 11.1 Å². The molecule has 0 bridgehead atoms. The molecule has 0 aromatic carbocycles. The third-order valence-corrected chi connectivity index (χ3v) is 4.26. The summed E-state index contributed by atoms with van der Waals surface area (Å²) in [6.07, 6.45) is 5.72. The number of rotatable bonds is 3. The van der Waals surface area contributed by atoms with Gasteiger partial charge in [0.05, 0.1) is 11.7 Å². The average Bonchev–Trinajstić information content (AvgIpc) is 2.99. The molecule has 2 aliphatic rings. The Labute approximate surface area is 126 Å². The Morgan fingerprint density at radius 3 is 3.10 bits per heavy atom. The highest BCUT2D eigenvalue weighted by molar-refractivity contribution is 5.76. The van der Waals surface area contributed by atoms with Gasteiger partial charge in [0.1, 0.15) is 5.82 Å². The fourth-order valence-electron chi connectivity index (χ4n) is 3.10. The van der Waals surface area contributed by atoms with Crippen molar-refractivity contribution < 1.29 is 4.79 Å². The predicted octanol–water partition coefficient (Wildman–Crippen LogP) is 1.83. The highest BCUT2D eigenvalue weighted by Gasteiger charge is 2.25. The molecule has 1 aromatic rings. The van der Waals surface area contributed by atoms with Gasteiger partial charge in [0.25, 0.3) is 0 Å². The zero-order chi connectivity index (χ0) is 14.8. The van der Waals surface area contributed by atoms with E-state index in [1.165, 1.54) is 6.42 Å². The fourth-order valence-corrected chi connectivity index (χ4v) is 3.10. The van der Waals surface area contributed by atoms with E-state index >= 15 is 0 Å². The SMILES string of the molecule is CC(C)CC(=O)N1CCc2nc([C@H]3CCCN3)ncc2C1. The van der Waals surface area contributed by atoms with Crippen molar-refractivity contribution >= 4 is 5.91 Å². The number of amides is 1. The molecule has 1 fully saturated rings. The monoisotopic (exact) mass is 288 g/mol. The summed E-state index contributed by atoms with van der Waals surface area (Å²) in [7, 11) is 0. The van der Waals surface area contributed by atoms with Gasteiger partial charge in [-0.3, -0.25) is 4.79 Å². The molecule has 0 unspecified atom stereocenters. The molecule has 1 amide bonds. The van der Waals surface area contributed by atoms with Gasteiger partial charge in [0.2, 0.25) is 5.91 Å². The van der Waals surface area contributed by atoms with Crippen LogP contribution in [0.5, 0.6) is 0 Å². The number of carbonyl (C=O) groups excluding carboxylic acids is 1. The second-order valence-corrected chi connectivity index (χ2v) is 6.51. The number of fused-ring (bicyclic) bond motifs is 1. The van der Waals surface area contributed by atoms with E-state index in [0.29, 0.717) is 24.9 Å². The van der Waals surface area contributed by atoms with Crippen LogP contribution in [0.1, 0.15) is 56.2 Å². The van der Waals surface area contributed by atoms with E-state index in [-0.39, 0.29) is 5.91 Å². The molecule has 1 aromatic heterocycles. The molecule has 114 valence electrons. The number of hydrogen-bond acceptors (Lipinski definition) is 4. The molecular formula is C16H24N4O. The fraction of sp³-hybridized carbons (Fsp3) is 0.688. The van der Waals surface area contributed by atoms with Crippen LogP contribution in [0.25, 0.3) is 0 Å². The first-order valence-corrected chi connectivity index (χ1v) is 7.99. The molecule has 1 N–H and O–H groups in total. The van der Waals surface area contributed by atoms with Crippen LogP contribution in [-0.2, 0) is 17.8 Å². The molecule has 0 spiro atoms. The summed E-state index contributed by atoms with van der Waals surface area (Å²) in [5.74, 6) is 1.58. The lowest BCUT2D eigenvalue weighted by Gasteiger charge is -2.29. The van der Waals surface area contributed by atoms with Gasteiger partial charge in [-0.1, -0.05) is 13.8 Å². The van der Waals surface area contributed by atoms with E-state index in [0.717, 1.165) is 43.0 Å². The van der Waals surface area contributed by atoms with Gasteiger partial charge in [-0.15, -0.1) is 0 Å². The van der Waals surface area contributed by atoms with Gasteiger partial charge in [-0.2, -0.15) is 0 Å². The standard InChI is InChI=1S/C16H24N4O/c1-11(2)8-15(21)20-7-5-13-12(10-20)9-18-16(19-13)14-4-3-6-17-14/h9,11,14,17H,3-8,10H2,1-2H3/t14-/m1/s1. The van der Waals surface area contributed by atoms with E-state index < -0.39 is 0 Å². The molecule has 0 aliphatic carbocycles. The van der Waals surface area contributed by atoms with Crippen LogP contribution in [0.3, 0.4) is 0 Å². The van der Waals surface area contributed by atoms with Crippen molar-refractivity contribution in [2.24, 2.45) is 5.92 Å². The van der Waals surface area contributed by atoms with Crippen molar-refractivity contribution in [2.45, 2.75) is 52.1 Å². The van der Waals surface area contributed by atoms with Crippen LogP contribution in [0.15, 0.2) is 6.20 Å². The van der Waals surface area contributed by atoms with Crippen LogP contribution in [0.4, 0.5) is 0 Å². The van der Waals surface area contributed by atoms with Crippen molar-refractivity contribution in [3.05, 3.63) is 23.3 Å². The number of hydrogen-bond donors (Lipinski definition) is 1. The zero-order valence-electron chi connectivity index (χ0n) is 12.9. The van der Waals surface area contributed by atoms with Crippen LogP contribution in [0.2, 0.25) is 0 Å². The number of carbonyl (C=O) groups is 1. The quantitative estimate of drug-likeness (QED) is 0.922. The highest BCUT2D eigenvalue weighted by atomic mass is 16.2. The summed E-state index contributed by atoms with van der Waals surface area (Å²) in [4.78, 5) is 23.4. The molecule has 5 nitrogen and oxygen atoms in total. The third kappa shape index (κ3) is 3.23. The van der Waals surface area contributed by atoms with Gasteiger partial charge in [0, 0.05) is 37.7 Å². The molecule has 3 rings (SSSR count). The van der Waals surface area contributed by atoms with Crippen molar-refractivity contribution in [2.75, 3.05) is 13.1 Å². The Hall–Kier alpha value is -1.49. The number of nitrogens with zero attached hydrogens (tertiary/aromatic N) is 3. The topological polar surface area (TPSA) is 58.1 Å². The van der Waals surface area contributed by atoms with Crippen LogP contribution < -0.4 is 5.32 Å². The summed E-state index contributed by atoms with van der Waals surface area (Å²) in [6, 6.07) is 0.316. The smallest absolute Gasteiger partial charge is 0.223 e. The van der Waals surface area contributed by atoms with Gasteiger partial charge >= 0.3 is 0 Å². The summed E-state index contributed by atoms with van der Waals surface area (Å²) < 4.78 is 0. The maximum absolute atomic E-state index is 12.2. The molecule has 2 aliphatic heterocycles. The third-order valence-electron chi connectivity index (χ3n) is 4.26. The largest absolute Gasteiger partial charge is 0.338 e. The van der Waals surface area contributed by atoms with E-state index in [2.05, 4.69) is 24.1 Å². The lowest BCUT2D eigenvalue weighted by molar-refractivity contribution is -0.132. The molecular weight excluding hydrogens is 264 g/mol. The van der Waals surface area contributed by atoms with Gasteiger partial charge in [0.15, 0.2) is 0 Å². The maximum atomic E-state index is 12.2. The molecule has 0 saturated carbocycles. The summed E-state index contributed by atoms with van der Waals surface area (Å²) in [6.45, 7) is 6.68. The van der Waals surface area contributed by atoms with Gasteiger partial charge < -0.3 is 10.2 Å². The van der Waals surface area contributed by atoms with Gasteiger partial charge in [-0.25, -0.2) is 9.97 Å². The summed E-state index contributed by atoms with van der Waals surface area (Å²) in [5.41, 5.74) is 2.24. The van der Waals surface area contributed by atoms with Gasteiger partial charge in [-0.05, 0) is 25.3 Å². The molecule has 1 atom stereocenters. The van der Waals surface area contributed by atoms with Crippen molar-refractivity contribution in [3.63, 3.8) is 0 Å². The lowest BCUT2D eigenvalue weighted by Crippen LogP contribution is -2.37. The first kappa shape index (κ1) is 14.4. The Bertz CT molecular complexity index is 523. The Kier molecular flexibility index (Phi) is 4.19. The minimum Gasteiger partial charge on any atom is -0.338 e. The molecule has 21 heavy (non-hydrogen) atoms. The minimum atomic E-state index is 0.247. The molecule has 5 heteroatoms. The Morgan fingerprint density at radius 1 is 1.52 bits per heavy atom. The molecule has 0 radical (unpaired) electrons. The van der Waals surface area contributed by atoms with Crippen molar-refractivity contribution in [3.8, 4) is 0 Å². The first-order valence-electron chi connectivity index (χ1n) is 7.99. The van der Waals surface area contributed by atoms with Crippen molar-refractivity contribution in [1.29, 1.82) is 0 Å². The van der Waals surface area contributed by atoms with E-state index in [1.54, 1.807) is 0 Å². The van der Waals surface area contributed by atoms with E-state index in [4.69, 9.17) is 4.98 Å². The molecule has 1 saturated heterocycles. The Morgan fingerprint density at radius 2 is 2.38 bits per heavy atom. The van der Waals surface area contributed by atoms with Crippen molar-refractivity contribution in [1.82, 2.24) is 20.2 Å². The second-order valence-electron chi connectivity index (χ2n) is 6.51. The summed E-state index contributed by atoms with van der Waals surface area (Å²) >= 11 is 0. The number of aromatic nitrogens is 2. The number of nitrogens with one attached hydrogen (secondary N) is 1. The zero-order valence-corrected chi connectivity index (χ0v) is 12.9. The predicted molar refractivity (Wildman–Crippen MR) is 80.6 cm³/mol. The van der Waals surface area contributed by atoms with Crippen LogP contribution in [0, 0.1) is 5.92 Å². The first-order chi connectivity index (χ1) is 10.1.